The zero-order valence-electron chi connectivity index (χ0n) is 13.9. The largest absolute Gasteiger partial charge is 0.505 e. The van der Waals surface area contributed by atoms with Gasteiger partial charge in [0.05, 0.1) is 28.1 Å². The minimum absolute atomic E-state index is 0.105. The second-order valence-corrected chi connectivity index (χ2v) is 13.9. The number of rotatable bonds is 2. The lowest BCUT2D eigenvalue weighted by atomic mass is 10.3. The lowest BCUT2D eigenvalue weighted by Gasteiger charge is -2.08. The van der Waals surface area contributed by atoms with E-state index in [4.69, 9.17) is 10.5 Å². The number of hydrogen-bond acceptors (Lipinski definition) is 12. The van der Waals surface area contributed by atoms with Gasteiger partial charge in [-0.3, -0.25) is 0 Å². The number of sulfone groups is 2. The molecule has 0 bridgehead atoms. The van der Waals surface area contributed by atoms with Gasteiger partial charge in [-0.2, -0.15) is 10.5 Å². The summed E-state index contributed by atoms with van der Waals surface area (Å²) in [7, 11) is -7.60. The average molecular weight is 493 g/mol. The van der Waals surface area contributed by atoms with Crippen LogP contribution in [0.2, 0.25) is 0 Å². The molecule has 2 N–H and O–H groups in total. The Hall–Kier alpha value is -1.42. The molecule has 28 heavy (non-hydrogen) atoms. The molecule has 0 aliphatic carbocycles. The van der Waals surface area contributed by atoms with Crippen LogP contribution in [-0.4, -0.2) is 39.6 Å². The molecule has 2 heterocycles. The minimum Gasteiger partial charge on any atom is -0.505 e. The van der Waals surface area contributed by atoms with Gasteiger partial charge in [0.1, 0.15) is 23.6 Å². The zero-order valence-corrected chi connectivity index (χ0v) is 18.8. The number of phenolic OH excluding ortho intramolecular Hbond substituents is 2. The molecule has 1 aromatic carbocycles. The van der Waals surface area contributed by atoms with Crippen LogP contribution in [0.15, 0.2) is 37.9 Å². The normalized spacial score (nSPS) is 15.6. The predicted molar refractivity (Wildman–Crippen MR) is 108 cm³/mol. The van der Waals surface area contributed by atoms with Crippen LogP contribution in [-0.2, 0) is 19.7 Å². The predicted octanol–water partition coefficient (Wildman–Crippen LogP) is 2.97. The molecule has 0 saturated heterocycles. The zero-order chi connectivity index (χ0) is 21.0. The van der Waals surface area contributed by atoms with Gasteiger partial charge in [0, 0.05) is 12.5 Å². The first-order valence-electron chi connectivity index (χ1n) is 6.92. The number of hydrogen-bond donors (Lipinski definition) is 2. The number of aromatic hydroxyl groups is 2. The fourth-order valence-electron chi connectivity index (χ4n) is 2.17. The van der Waals surface area contributed by atoms with Gasteiger partial charge in [0.25, 0.3) is 0 Å². The topological polar surface area (TPSA) is 156 Å². The molecular weight excluding hydrogens is 485 g/mol. The second kappa shape index (κ2) is 7.12. The van der Waals surface area contributed by atoms with E-state index in [1.165, 1.54) is 0 Å². The Morgan fingerprint density at radius 2 is 0.964 bits per heavy atom. The van der Waals surface area contributed by atoms with Crippen LogP contribution in [0.5, 0.6) is 11.5 Å². The fourth-order valence-corrected chi connectivity index (χ4v) is 10.2. The van der Waals surface area contributed by atoms with E-state index >= 15 is 0 Å². The van der Waals surface area contributed by atoms with Crippen LogP contribution in [0.4, 0.5) is 0 Å². The first-order valence-corrected chi connectivity index (χ1v) is 14.0. The van der Waals surface area contributed by atoms with Crippen LogP contribution >= 0.6 is 47.0 Å². The van der Waals surface area contributed by atoms with Crippen LogP contribution in [0, 0.1) is 22.7 Å². The van der Waals surface area contributed by atoms with Gasteiger partial charge in [0.2, 0.25) is 0 Å². The van der Waals surface area contributed by atoms with Gasteiger partial charge in [-0.25, -0.2) is 16.8 Å². The van der Waals surface area contributed by atoms with E-state index in [-0.39, 0.29) is 39.6 Å². The Morgan fingerprint density at radius 1 is 0.714 bits per heavy atom. The molecule has 0 aromatic heterocycles. The SMILES string of the molecule is CS(=O)(=O)C(C#N)=C1Sc2c(O)c3c(c(O)c2S1)SC(=C(C#N)S(C)(=O)=O)S3. The number of allylic oxidation sites excluding steroid dienone is 2. The first kappa shape index (κ1) is 21.3. The Labute approximate surface area is 177 Å². The second-order valence-electron chi connectivity index (χ2n) is 5.42. The molecule has 0 spiro atoms. The van der Waals surface area contributed by atoms with Crippen molar-refractivity contribution in [3.63, 3.8) is 0 Å². The molecule has 2 aliphatic rings. The van der Waals surface area contributed by atoms with E-state index in [0.717, 1.165) is 59.6 Å². The molecule has 1 aromatic rings. The highest BCUT2D eigenvalue weighted by atomic mass is 32.2. The Kier molecular flexibility index (Phi) is 5.42. The number of phenols is 2. The summed E-state index contributed by atoms with van der Waals surface area (Å²) in [6, 6.07) is 3.25. The Bertz CT molecular complexity index is 1150. The highest BCUT2D eigenvalue weighted by Gasteiger charge is 2.38. The number of thioether (sulfide) groups is 4. The molecule has 2 aliphatic heterocycles. The smallest absolute Gasteiger partial charge is 0.187 e. The van der Waals surface area contributed by atoms with Crippen molar-refractivity contribution >= 4 is 66.7 Å². The van der Waals surface area contributed by atoms with Gasteiger partial charge in [-0.05, 0) is 0 Å². The van der Waals surface area contributed by atoms with Crippen LogP contribution in [0.3, 0.4) is 0 Å². The average Bonchev–Trinajstić information content (AvgIpc) is 3.17. The molecule has 0 unspecified atom stereocenters. The molecule has 0 saturated carbocycles. The molecule has 0 atom stereocenters. The van der Waals surface area contributed by atoms with E-state index in [0.29, 0.717) is 0 Å². The molecule has 14 heteroatoms. The quantitative estimate of drug-likeness (QED) is 0.460. The third kappa shape index (κ3) is 3.49. The summed E-state index contributed by atoms with van der Waals surface area (Å²) in [6.45, 7) is 0. The van der Waals surface area contributed by atoms with Crippen molar-refractivity contribution in [1.29, 1.82) is 10.5 Å². The molecule has 0 radical (unpaired) electrons. The molecule has 8 nitrogen and oxygen atoms in total. The van der Waals surface area contributed by atoms with Gasteiger partial charge in [0.15, 0.2) is 29.5 Å². The van der Waals surface area contributed by atoms with Crippen molar-refractivity contribution in [2.75, 3.05) is 12.5 Å². The van der Waals surface area contributed by atoms with Crippen molar-refractivity contribution in [2.24, 2.45) is 0 Å². The Morgan fingerprint density at radius 3 is 1.14 bits per heavy atom. The van der Waals surface area contributed by atoms with Crippen molar-refractivity contribution < 1.29 is 27.0 Å². The van der Waals surface area contributed by atoms with Gasteiger partial charge in [-0.1, -0.05) is 47.0 Å². The summed E-state index contributed by atoms with van der Waals surface area (Å²) in [4.78, 5) is -0.274. The summed E-state index contributed by atoms with van der Waals surface area (Å²) in [5.41, 5.74) is 0. The van der Waals surface area contributed by atoms with E-state index in [9.17, 15) is 27.0 Å². The van der Waals surface area contributed by atoms with Gasteiger partial charge >= 0.3 is 0 Å². The lowest BCUT2D eigenvalue weighted by molar-refractivity contribution is 0.411. The highest BCUT2D eigenvalue weighted by molar-refractivity contribution is 8.26. The molecular formula is C14H8N2O6S6. The van der Waals surface area contributed by atoms with E-state index in [1.807, 2.05) is 0 Å². The molecule has 0 amide bonds. The van der Waals surface area contributed by atoms with Gasteiger partial charge in [-0.15, -0.1) is 0 Å². The van der Waals surface area contributed by atoms with Crippen LogP contribution in [0.1, 0.15) is 0 Å². The molecule has 146 valence electrons. The van der Waals surface area contributed by atoms with E-state index < -0.39 is 29.5 Å². The standard InChI is InChI=1S/C14H8N2O6S6/c1-27(19,20)5(3-15)13-23-9-7(17)11-12(8(18)10(9)24-13)26-14(25-11)6(4-16)28(2,21)22/h17-18H,1-2H3. The summed E-state index contributed by atoms with van der Waals surface area (Å²) < 4.78 is 47.3. The minimum atomic E-state index is -3.80. The van der Waals surface area contributed by atoms with Crippen molar-refractivity contribution in [3.8, 4) is 23.6 Å². The maximum absolute atomic E-state index is 11.8. The number of benzene rings is 1. The lowest BCUT2D eigenvalue weighted by Crippen LogP contribution is -1.99. The monoisotopic (exact) mass is 492 g/mol. The molecule has 0 fully saturated rings. The van der Waals surface area contributed by atoms with Crippen LogP contribution in [0.25, 0.3) is 0 Å². The van der Waals surface area contributed by atoms with Crippen molar-refractivity contribution in [1.82, 2.24) is 0 Å². The summed E-state index contributed by atoms with van der Waals surface area (Å²) in [5, 5.41) is 39.6. The fraction of sp³-hybridized carbons (Fsp3) is 0.143. The summed E-state index contributed by atoms with van der Waals surface area (Å²) in [6.07, 6.45) is 1.78. The maximum atomic E-state index is 11.8. The third-order valence-electron chi connectivity index (χ3n) is 3.37. The van der Waals surface area contributed by atoms with Gasteiger partial charge < -0.3 is 10.2 Å². The highest BCUT2D eigenvalue weighted by Crippen LogP contribution is 2.68. The number of nitrogens with zero attached hydrogens (tertiary/aromatic N) is 2. The van der Waals surface area contributed by atoms with Crippen LogP contribution < -0.4 is 0 Å². The van der Waals surface area contributed by atoms with E-state index in [1.54, 1.807) is 12.1 Å². The number of fused-ring (bicyclic) bond motifs is 2. The summed E-state index contributed by atoms with van der Waals surface area (Å²) >= 11 is 3.33. The third-order valence-corrected chi connectivity index (χ3v) is 11.2. The Balaban J connectivity index is 2.18. The molecule has 3 rings (SSSR count). The van der Waals surface area contributed by atoms with Crippen molar-refractivity contribution in [2.45, 2.75) is 19.6 Å². The number of nitriles is 2. The van der Waals surface area contributed by atoms with E-state index in [2.05, 4.69) is 0 Å². The first-order chi connectivity index (χ1) is 12.9. The van der Waals surface area contributed by atoms with Crippen molar-refractivity contribution in [3.05, 3.63) is 18.3 Å². The maximum Gasteiger partial charge on any atom is 0.187 e. The summed E-state index contributed by atoms with van der Waals surface area (Å²) in [5.74, 6) is -0.557.